The zero-order valence-electron chi connectivity index (χ0n) is 14.7. The highest BCUT2D eigenvalue weighted by Gasteiger charge is 2.51. The van der Waals surface area contributed by atoms with E-state index in [9.17, 15) is 14.4 Å². The maximum Gasteiger partial charge on any atom is 0.407 e. The minimum Gasteiger partial charge on any atom is -0.453 e. The molecule has 1 aliphatic carbocycles. The summed E-state index contributed by atoms with van der Waals surface area (Å²) in [7, 11) is 1.23. The first-order chi connectivity index (χ1) is 13.0. The van der Waals surface area contributed by atoms with Crippen LogP contribution in [-0.2, 0) is 32.6 Å². The number of methoxy groups -OCH3 is 1. The van der Waals surface area contributed by atoms with Crippen molar-refractivity contribution >= 4 is 29.4 Å². The van der Waals surface area contributed by atoms with Gasteiger partial charge in [0.1, 0.15) is 12.4 Å². The zero-order chi connectivity index (χ0) is 19.0. The summed E-state index contributed by atoms with van der Waals surface area (Å²) < 4.78 is 4.43. The number of hydrogen-bond donors (Lipinski definition) is 3. The number of pyridine rings is 1. The molecule has 2 aromatic rings. The van der Waals surface area contributed by atoms with Crippen LogP contribution < -0.4 is 16.0 Å². The van der Waals surface area contributed by atoms with Crippen LogP contribution in [0.1, 0.15) is 16.7 Å². The largest absolute Gasteiger partial charge is 0.453 e. The van der Waals surface area contributed by atoms with Crippen LogP contribution in [0, 0.1) is 0 Å². The lowest BCUT2D eigenvalue weighted by atomic mass is 9.79. The minimum atomic E-state index is -0.666. The molecule has 0 bridgehead atoms. The van der Waals surface area contributed by atoms with E-state index in [4.69, 9.17) is 0 Å². The number of carbonyl (C=O) groups is 3. The van der Waals surface area contributed by atoms with Crippen LogP contribution >= 0.6 is 0 Å². The minimum absolute atomic E-state index is 0.0414. The summed E-state index contributed by atoms with van der Waals surface area (Å²) in [5.74, 6) is 0.221. The predicted molar refractivity (Wildman–Crippen MR) is 97.4 cm³/mol. The Morgan fingerprint density at radius 1 is 1.26 bits per heavy atom. The van der Waals surface area contributed by atoms with Crippen molar-refractivity contribution in [1.82, 2.24) is 10.3 Å². The number of amides is 3. The molecule has 0 saturated heterocycles. The van der Waals surface area contributed by atoms with E-state index in [2.05, 4.69) is 25.7 Å². The molecule has 1 spiro atoms. The van der Waals surface area contributed by atoms with Crippen LogP contribution in [0.2, 0.25) is 0 Å². The maximum atomic E-state index is 12.7. The number of carbonyl (C=O) groups excluding carboxylic acids is 3. The molecule has 3 amide bonds. The summed E-state index contributed by atoms with van der Waals surface area (Å²) in [5, 5.41) is 7.94. The van der Waals surface area contributed by atoms with Crippen LogP contribution in [0.5, 0.6) is 0 Å². The van der Waals surface area contributed by atoms with Gasteiger partial charge in [-0.3, -0.25) is 9.59 Å². The monoisotopic (exact) mass is 366 g/mol. The van der Waals surface area contributed by atoms with Gasteiger partial charge < -0.3 is 20.7 Å². The van der Waals surface area contributed by atoms with E-state index < -0.39 is 11.5 Å². The Hall–Kier alpha value is -3.42. The molecule has 8 heteroatoms. The summed E-state index contributed by atoms with van der Waals surface area (Å²) in [6, 6.07) is 9.37. The topological polar surface area (TPSA) is 109 Å². The molecule has 0 saturated carbocycles. The maximum absolute atomic E-state index is 12.7. The van der Waals surface area contributed by atoms with Crippen molar-refractivity contribution in [3.63, 3.8) is 0 Å². The normalized spacial score (nSPS) is 19.2. The Morgan fingerprint density at radius 3 is 2.89 bits per heavy atom. The van der Waals surface area contributed by atoms with E-state index in [1.54, 1.807) is 12.3 Å². The number of nitrogens with zero attached hydrogens (tertiary/aromatic N) is 1. The van der Waals surface area contributed by atoms with E-state index in [0.717, 1.165) is 16.7 Å². The van der Waals surface area contributed by atoms with Crippen LogP contribution in [0.3, 0.4) is 0 Å². The first-order valence-electron chi connectivity index (χ1n) is 8.52. The lowest BCUT2D eigenvalue weighted by Crippen LogP contribution is -2.35. The Labute approximate surface area is 155 Å². The molecule has 27 heavy (non-hydrogen) atoms. The zero-order valence-corrected chi connectivity index (χ0v) is 14.7. The van der Waals surface area contributed by atoms with Crippen molar-refractivity contribution in [2.75, 3.05) is 24.3 Å². The summed E-state index contributed by atoms with van der Waals surface area (Å²) in [6.07, 6.45) is 2.15. The quantitative estimate of drug-likeness (QED) is 0.760. The lowest BCUT2D eigenvalue weighted by molar-refractivity contribution is -0.120. The molecule has 0 radical (unpaired) electrons. The highest BCUT2D eigenvalue weighted by molar-refractivity contribution is 6.06. The fourth-order valence-corrected chi connectivity index (χ4v) is 3.77. The number of anilines is 2. The molecule has 138 valence electrons. The number of alkyl carbamates (subject to hydrolysis) is 1. The molecular weight excluding hydrogens is 348 g/mol. The number of nitrogens with one attached hydrogen (secondary N) is 3. The van der Waals surface area contributed by atoms with Gasteiger partial charge in [-0.2, -0.15) is 0 Å². The van der Waals surface area contributed by atoms with Gasteiger partial charge in [-0.1, -0.05) is 12.1 Å². The molecule has 1 unspecified atom stereocenters. The van der Waals surface area contributed by atoms with Gasteiger partial charge >= 0.3 is 6.09 Å². The first kappa shape index (κ1) is 17.0. The second-order valence-corrected chi connectivity index (χ2v) is 6.67. The molecule has 2 heterocycles. The predicted octanol–water partition coefficient (Wildman–Crippen LogP) is 1.36. The molecule has 1 aliphatic heterocycles. The van der Waals surface area contributed by atoms with Crippen LogP contribution in [-0.4, -0.2) is 36.5 Å². The number of aromatic nitrogens is 1. The van der Waals surface area contributed by atoms with E-state index in [-0.39, 0.29) is 18.4 Å². The fourth-order valence-electron chi connectivity index (χ4n) is 3.77. The van der Waals surface area contributed by atoms with Crippen molar-refractivity contribution in [3.05, 3.63) is 53.2 Å². The molecule has 0 fully saturated rings. The fraction of sp³-hybridized carbons (Fsp3) is 0.263. The number of fused-ring (bicyclic) bond motifs is 3. The third kappa shape index (κ3) is 2.88. The molecular formula is C19H18N4O4. The van der Waals surface area contributed by atoms with E-state index >= 15 is 0 Å². The van der Waals surface area contributed by atoms with Crippen molar-refractivity contribution in [3.8, 4) is 0 Å². The van der Waals surface area contributed by atoms with Crippen LogP contribution in [0.15, 0.2) is 36.5 Å². The van der Waals surface area contributed by atoms with Gasteiger partial charge in [-0.25, -0.2) is 9.78 Å². The van der Waals surface area contributed by atoms with Gasteiger partial charge in [0.2, 0.25) is 11.8 Å². The van der Waals surface area contributed by atoms with E-state index in [1.165, 1.54) is 7.11 Å². The SMILES string of the molecule is COC(=O)NCC(=O)Nc1ccc2c(c1)CC1(C2)C(=O)Nc2ncccc21. The number of ether oxygens (including phenoxy) is 1. The second kappa shape index (κ2) is 6.39. The average molecular weight is 366 g/mol. The third-order valence-electron chi connectivity index (χ3n) is 5.04. The van der Waals surface area contributed by atoms with Crippen molar-refractivity contribution in [1.29, 1.82) is 0 Å². The van der Waals surface area contributed by atoms with E-state index in [1.807, 2.05) is 24.3 Å². The van der Waals surface area contributed by atoms with Crippen molar-refractivity contribution < 1.29 is 19.1 Å². The molecule has 1 atom stereocenters. The molecule has 1 aromatic heterocycles. The summed E-state index contributed by atoms with van der Waals surface area (Å²) in [5.41, 5.74) is 2.99. The molecule has 3 N–H and O–H groups in total. The molecule has 4 rings (SSSR count). The Balaban J connectivity index is 1.52. The smallest absolute Gasteiger partial charge is 0.407 e. The Morgan fingerprint density at radius 2 is 2.07 bits per heavy atom. The molecule has 1 aromatic carbocycles. The number of rotatable bonds is 3. The second-order valence-electron chi connectivity index (χ2n) is 6.67. The number of benzene rings is 1. The van der Waals surface area contributed by atoms with E-state index in [0.29, 0.717) is 24.3 Å². The Bertz CT molecular complexity index is 958. The van der Waals surface area contributed by atoms with Crippen LogP contribution in [0.4, 0.5) is 16.3 Å². The van der Waals surface area contributed by atoms with Gasteiger partial charge in [0.15, 0.2) is 0 Å². The summed E-state index contributed by atoms with van der Waals surface area (Å²) >= 11 is 0. The van der Waals surface area contributed by atoms with Gasteiger partial charge in [0, 0.05) is 17.4 Å². The molecule has 8 nitrogen and oxygen atoms in total. The number of hydrogen-bond acceptors (Lipinski definition) is 5. The first-order valence-corrected chi connectivity index (χ1v) is 8.52. The highest BCUT2D eigenvalue weighted by atomic mass is 16.5. The Kier molecular flexibility index (Phi) is 4.02. The average Bonchev–Trinajstić information content (AvgIpc) is 3.18. The van der Waals surface area contributed by atoms with Crippen molar-refractivity contribution in [2.45, 2.75) is 18.3 Å². The summed E-state index contributed by atoms with van der Waals surface area (Å²) in [6.45, 7) is -0.185. The highest BCUT2D eigenvalue weighted by Crippen LogP contribution is 2.46. The summed E-state index contributed by atoms with van der Waals surface area (Å²) in [4.78, 5) is 39.9. The van der Waals surface area contributed by atoms with Gasteiger partial charge in [-0.15, -0.1) is 0 Å². The lowest BCUT2D eigenvalue weighted by Gasteiger charge is -2.20. The standard InChI is InChI=1S/C19H18N4O4/c1-27-18(26)21-10-15(24)22-13-5-4-11-8-19(9-12(11)7-13)14-3-2-6-20-16(14)23-17(19)25/h2-7H,8-10H2,1H3,(H,21,26)(H,22,24)(H,20,23,25). The van der Waals surface area contributed by atoms with Crippen LogP contribution in [0.25, 0.3) is 0 Å². The van der Waals surface area contributed by atoms with Gasteiger partial charge in [-0.05, 0) is 42.2 Å². The van der Waals surface area contributed by atoms with Gasteiger partial charge in [0.05, 0.1) is 12.5 Å². The third-order valence-corrected chi connectivity index (χ3v) is 5.04. The van der Waals surface area contributed by atoms with Crippen molar-refractivity contribution in [2.24, 2.45) is 0 Å². The molecule has 2 aliphatic rings. The van der Waals surface area contributed by atoms with Gasteiger partial charge in [0.25, 0.3) is 0 Å².